The van der Waals surface area contributed by atoms with Gasteiger partial charge in [-0.15, -0.1) is 0 Å². The molecule has 0 spiro atoms. The van der Waals surface area contributed by atoms with Crippen LogP contribution in [0.2, 0.25) is 0 Å². The van der Waals surface area contributed by atoms with Gasteiger partial charge >= 0.3 is 0 Å². The molecule has 1 aromatic carbocycles. The van der Waals surface area contributed by atoms with Crippen molar-refractivity contribution >= 4 is 17.2 Å². The normalized spacial score (nSPS) is 15.5. The molecule has 4 aromatic rings. The first kappa shape index (κ1) is 20.1. The fraction of sp³-hybridized carbons (Fsp3) is 0.273. The maximum absolute atomic E-state index is 13.1. The Morgan fingerprint density at radius 2 is 2.09 bits per heavy atom. The number of nitrogens with zero attached hydrogens (tertiary/aromatic N) is 4. The van der Waals surface area contributed by atoms with Crippen molar-refractivity contribution in [3.05, 3.63) is 59.9 Å². The van der Waals surface area contributed by atoms with Gasteiger partial charge in [-0.05, 0) is 24.6 Å². The van der Waals surface area contributed by atoms with Gasteiger partial charge in [0.1, 0.15) is 17.1 Å². The second kappa shape index (κ2) is 7.40. The van der Waals surface area contributed by atoms with Crippen molar-refractivity contribution in [3.8, 4) is 17.1 Å². The van der Waals surface area contributed by atoms with E-state index >= 15 is 0 Å². The van der Waals surface area contributed by atoms with Crippen LogP contribution < -0.4 is 10.1 Å². The van der Waals surface area contributed by atoms with Gasteiger partial charge in [-0.3, -0.25) is 9.20 Å². The van der Waals surface area contributed by atoms with E-state index in [1.165, 1.54) is 6.20 Å². The van der Waals surface area contributed by atoms with Crippen LogP contribution in [0.25, 0.3) is 17.0 Å². The second-order valence-corrected chi connectivity index (χ2v) is 7.84. The van der Waals surface area contributed by atoms with Gasteiger partial charge in [-0.2, -0.15) is 4.98 Å². The Morgan fingerprint density at radius 1 is 1.28 bits per heavy atom. The number of hydrogen-bond donors (Lipinski definition) is 1. The van der Waals surface area contributed by atoms with E-state index in [9.17, 15) is 13.6 Å². The van der Waals surface area contributed by atoms with E-state index in [0.29, 0.717) is 28.3 Å². The Balaban J connectivity index is 1.38. The first-order valence-corrected chi connectivity index (χ1v) is 9.98. The van der Waals surface area contributed by atoms with E-state index in [1.54, 1.807) is 42.0 Å². The number of methoxy groups -OCH3 is 1. The number of benzene rings is 1. The summed E-state index contributed by atoms with van der Waals surface area (Å²) in [5.74, 6) is -2.29. The van der Waals surface area contributed by atoms with Crippen molar-refractivity contribution in [2.24, 2.45) is 0 Å². The monoisotopic (exact) mass is 439 g/mol. The number of carbonyl (C=O) groups is 1. The number of imidazole rings is 1. The highest BCUT2D eigenvalue weighted by atomic mass is 19.3. The van der Waals surface area contributed by atoms with Crippen molar-refractivity contribution in [2.45, 2.75) is 31.6 Å². The smallest absolute Gasteiger partial charge is 0.274 e. The molecule has 0 bridgehead atoms. The van der Waals surface area contributed by atoms with Crippen LogP contribution in [0.5, 0.6) is 5.75 Å². The summed E-state index contributed by atoms with van der Waals surface area (Å²) in [4.78, 5) is 21.5. The Hall–Kier alpha value is -3.82. The molecule has 3 heterocycles. The number of aryl methyl sites for hydroxylation is 1. The molecule has 1 amide bonds. The molecule has 1 aliphatic rings. The maximum Gasteiger partial charge on any atom is 0.274 e. The van der Waals surface area contributed by atoms with E-state index in [-0.39, 0.29) is 30.5 Å². The lowest BCUT2D eigenvalue weighted by atomic mass is 9.81. The quantitative estimate of drug-likeness (QED) is 0.493. The molecule has 10 heteroatoms. The minimum Gasteiger partial charge on any atom is -0.497 e. The minimum absolute atomic E-state index is 0.207. The lowest BCUT2D eigenvalue weighted by Crippen LogP contribution is -2.33. The predicted octanol–water partition coefficient (Wildman–Crippen LogP) is 4.47. The molecule has 0 aliphatic heterocycles. The number of ether oxygens (including phenoxy) is 1. The molecule has 5 rings (SSSR count). The van der Waals surface area contributed by atoms with Crippen molar-refractivity contribution in [1.82, 2.24) is 19.5 Å². The van der Waals surface area contributed by atoms with Crippen molar-refractivity contribution in [3.63, 3.8) is 0 Å². The number of alkyl halides is 2. The molecule has 8 nitrogen and oxygen atoms in total. The van der Waals surface area contributed by atoms with Crippen LogP contribution in [0.3, 0.4) is 0 Å². The van der Waals surface area contributed by atoms with Gasteiger partial charge in [0.05, 0.1) is 13.3 Å². The van der Waals surface area contributed by atoms with Crippen LogP contribution in [0.1, 0.15) is 40.7 Å². The zero-order valence-corrected chi connectivity index (χ0v) is 17.3. The molecule has 0 saturated heterocycles. The summed E-state index contributed by atoms with van der Waals surface area (Å²) in [5.41, 5.74) is 2.95. The van der Waals surface area contributed by atoms with Crippen LogP contribution in [-0.2, 0) is 0 Å². The van der Waals surface area contributed by atoms with Crippen molar-refractivity contribution in [1.29, 1.82) is 0 Å². The second-order valence-electron chi connectivity index (χ2n) is 7.84. The highest BCUT2D eigenvalue weighted by molar-refractivity contribution is 6.04. The lowest BCUT2D eigenvalue weighted by Gasteiger charge is -2.31. The molecule has 0 radical (unpaired) electrons. The van der Waals surface area contributed by atoms with Crippen LogP contribution in [-0.4, -0.2) is 38.5 Å². The molecule has 3 aromatic heterocycles. The Labute approximate surface area is 181 Å². The first-order chi connectivity index (χ1) is 15.3. The van der Waals surface area contributed by atoms with E-state index in [4.69, 9.17) is 9.26 Å². The molecule has 0 atom stereocenters. The van der Waals surface area contributed by atoms with Crippen molar-refractivity contribution in [2.75, 3.05) is 12.4 Å². The number of hydrogen-bond acceptors (Lipinski definition) is 6. The Morgan fingerprint density at radius 3 is 2.84 bits per heavy atom. The molecule has 1 N–H and O–H groups in total. The number of amides is 1. The van der Waals surface area contributed by atoms with Gasteiger partial charge in [0.15, 0.2) is 0 Å². The summed E-state index contributed by atoms with van der Waals surface area (Å²) in [7, 11) is 1.56. The van der Waals surface area contributed by atoms with Gasteiger partial charge in [0.2, 0.25) is 17.6 Å². The highest BCUT2D eigenvalue weighted by Gasteiger charge is 2.48. The van der Waals surface area contributed by atoms with E-state index < -0.39 is 11.8 Å². The fourth-order valence-electron chi connectivity index (χ4n) is 3.69. The number of halogens is 2. The third kappa shape index (κ3) is 3.57. The number of fused-ring (bicyclic) bond motifs is 1. The first-order valence-electron chi connectivity index (χ1n) is 9.98. The summed E-state index contributed by atoms with van der Waals surface area (Å²) in [5, 5.41) is 6.81. The zero-order chi connectivity index (χ0) is 22.5. The van der Waals surface area contributed by atoms with Crippen LogP contribution in [0.15, 0.2) is 47.2 Å². The summed E-state index contributed by atoms with van der Waals surface area (Å²) in [6, 6.07) is 8.80. The summed E-state index contributed by atoms with van der Waals surface area (Å²) >= 11 is 0. The number of anilines is 1. The Kier molecular flexibility index (Phi) is 4.65. The molecule has 1 fully saturated rings. The maximum atomic E-state index is 13.1. The lowest BCUT2D eigenvalue weighted by molar-refractivity contribution is -0.0925. The number of rotatable bonds is 5. The molecular formula is C22H19F2N5O3. The minimum atomic E-state index is -2.66. The summed E-state index contributed by atoms with van der Waals surface area (Å²) in [6.07, 6.45) is 2.64. The third-order valence-corrected chi connectivity index (χ3v) is 5.58. The van der Waals surface area contributed by atoms with Crippen molar-refractivity contribution < 1.29 is 22.8 Å². The largest absolute Gasteiger partial charge is 0.497 e. The van der Waals surface area contributed by atoms with Crippen LogP contribution >= 0.6 is 0 Å². The molecular weight excluding hydrogens is 420 g/mol. The molecule has 1 saturated carbocycles. The van der Waals surface area contributed by atoms with Gasteiger partial charge < -0.3 is 14.6 Å². The van der Waals surface area contributed by atoms with E-state index in [1.807, 2.05) is 13.0 Å². The molecule has 1 aliphatic carbocycles. The highest BCUT2D eigenvalue weighted by Crippen LogP contribution is 2.47. The van der Waals surface area contributed by atoms with Crippen LogP contribution in [0.4, 0.5) is 14.5 Å². The molecule has 32 heavy (non-hydrogen) atoms. The average molecular weight is 439 g/mol. The number of aromatic nitrogens is 4. The third-order valence-electron chi connectivity index (χ3n) is 5.58. The standard InChI is InChI=1S/C22H19F2N5O3/c1-12-3-4-13(19-27-21(32-28-19)14-9-22(23,24)10-14)7-16(12)26-20(30)17-11-25-18-8-15(31-2)5-6-29(17)18/h3-8,11,14H,9-10H2,1-2H3,(H,26,30). The van der Waals surface area contributed by atoms with Gasteiger partial charge in [-0.25, -0.2) is 13.8 Å². The summed E-state index contributed by atoms with van der Waals surface area (Å²) < 4.78 is 38.3. The zero-order valence-electron chi connectivity index (χ0n) is 17.3. The van der Waals surface area contributed by atoms with Gasteiger partial charge in [0, 0.05) is 42.3 Å². The van der Waals surface area contributed by atoms with Gasteiger partial charge in [0.25, 0.3) is 5.91 Å². The topological polar surface area (TPSA) is 94.6 Å². The van der Waals surface area contributed by atoms with Crippen LogP contribution in [0, 0.1) is 6.92 Å². The summed E-state index contributed by atoms with van der Waals surface area (Å²) in [6.45, 7) is 1.86. The van der Waals surface area contributed by atoms with E-state index in [0.717, 1.165) is 5.56 Å². The SMILES string of the molecule is COc1ccn2c(C(=O)Nc3cc(-c4noc(C5CC(F)(F)C5)n4)ccc3C)cnc2c1. The molecule has 0 unspecified atom stereocenters. The average Bonchev–Trinajstić information content (AvgIpc) is 3.40. The Bertz CT molecular complexity index is 1320. The number of carbonyl (C=O) groups excluding carboxylic acids is 1. The van der Waals surface area contributed by atoms with Gasteiger partial charge in [-0.1, -0.05) is 17.3 Å². The number of pyridine rings is 1. The van der Waals surface area contributed by atoms with E-state index in [2.05, 4.69) is 20.4 Å². The molecule has 164 valence electrons. The predicted molar refractivity (Wildman–Crippen MR) is 111 cm³/mol. The number of nitrogens with one attached hydrogen (secondary N) is 1. The fourth-order valence-corrected chi connectivity index (χ4v) is 3.69.